The molecule has 0 bridgehead atoms. The number of hydrogen-bond acceptors (Lipinski definition) is 3. The van der Waals surface area contributed by atoms with Crippen LogP contribution in [-0.2, 0) is 9.53 Å². The van der Waals surface area contributed by atoms with Crippen molar-refractivity contribution in [3.63, 3.8) is 0 Å². The van der Waals surface area contributed by atoms with E-state index in [0.717, 1.165) is 6.42 Å². The molecule has 0 radical (unpaired) electrons. The Morgan fingerprint density at radius 3 is 2.67 bits per heavy atom. The number of nitrogens with two attached hydrogens (primary N) is 1. The fourth-order valence-corrected chi connectivity index (χ4v) is 1.87. The van der Waals surface area contributed by atoms with Crippen LogP contribution in [0.15, 0.2) is 0 Å². The average molecular weight is 215 g/mol. The normalized spacial score (nSPS) is 30.9. The highest BCUT2D eigenvalue weighted by molar-refractivity contribution is 5.77. The van der Waals surface area contributed by atoms with E-state index in [1.807, 2.05) is 0 Å². The summed E-state index contributed by atoms with van der Waals surface area (Å²) in [5.41, 5.74) is 4.33. The van der Waals surface area contributed by atoms with Crippen molar-refractivity contribution in [2.24, 2.45) is 11.7 Å². The summed E-state index contributed by atoms with van der Waals surface area (Å²) in [7, 11) is 0. The third-order valence-electron chi connectivity index (χ3n) is 3.12. The number of ether oxygens (including phenoxy) is 1. The van der Waals surface area contributed by atoms with Gasteiger partial charge in [0.05, 0.1) is 12.7 Å². The number of carbonyl (C=O) groups is 1. The van der Waals surface area contributed by atoms with E-state index >= 15 is 0 Å². The number of aliphatic carboxylic acids is 1. The maximum atomic E-state index is 10.8. The molecule has 1 aliphatic carbocycles. The van der Waals surface area contributed by atoms with Crippen molar-refractivity contribution in [2.45, 2.75) is 51.2 Å². The summed E-state index contributed by atoms with van der Waals surface area (Å²) in [4.78, 5) is 10.8. The summed E-state index contributed by atoms with van der Waals surface area (Å²) in [6.45, 7) is 3.73. The predicted molar refractivity (Wildman–Crippen MR) is 57.6 cm³/mol. The van der Waals surface area contributed by atoms with Crippen molar-refractivity contribution in [3.05, 3.63) is 0 Å². The van der Waals surface area contributed by atoms with Crippen LogP contribution in [0.1, 0.15) is 39.5 Å². The fourth-order valence-electron chi connectivity index (χ4n) is 1.87. The first-order valence-corrected chi connectivity index (χ1v) is 5.57. The van der Waals surface area contributed by atoms with Crippen LogP contribution in [-0.4, -0.2) is 29.3 Å². The van der Waals surface area contributed by atoms with E-state index in [1.54, 1.807) is 0 Å². The summed E-state index contributed by atoms with van der Waals surface area (Å²) in [6.07, 6.45) is 4.79. The lowest BCUT2D eigenvalue weighted by Crippen LogP contribution is -2.50. The molecule has 1 rings (SSSR count). The van der Waals surface area contributed by atoms with Crippen molar-refractivity contribution in [3.8, 4) is 0 Å². The number of hydrogen-bond donors (Lipinski definition) is 2. The lowest BCUT2D eigenvalue weighted by atomic mass is 9.88. The molecule has 0 amide bonds. The van der Waals surface area contributed by atoms with Crippen LogP contribution < -0.4 is 5.73 Å². The highest BCUT2D eigenvalue weighted by atomic mass is 16.5. The van der Waals surface area contributed by atoms with Gasteiger partial charge >= 0.3 is 5.97 Å². The molecule has 0 heterocycles. The molecule has 0 aliphatic heterocycles. The Labute approximate surface area is 90.8 Å². The zero-order valence-electron chi connectivity index (χ0n) is 9.53. The smallest absolute Gasteiger partial charge is 0.325 e. The number of rotatable bonds is 4. The van der Waals surface area contributed by atoms with Crippen molar-refractivity contribution in [2.75, 3.05) is 6.61 Å². The van der Waals surface area contributed by atoms with Gasteiger partial charge < -0.3 is 15.6 Å². The molecule has 1 saturated carbocycles. The molecule has 4 heteroatoms. The van der Waals surface area contributed by atoms with Crippen LogP contribution in [0.2, 0.25) is 0 Å². The molecule has 0 spiro atoms. The second-order valence-electron chi connectivity index (χ2n) is 4.83. The molecule has 0 aromatic rings. The lowest BCUT2D eigenvalue weighted by molar-refractivity contribution is -0.146. The van der Waals surface area contributed by atoms with Crippen LogP contribution in [0.4, 0.5) is 0 Å². The van der Waals surface area contributed by atoms with Crippen LogP contribution in [0, 0.1) is 5.92 Å². The minimum absolute atomic E-state index is 0.0946. The highest BCUT2D eigenvalue weighted by Crippen LogP contribution is 2.26. The first kappa shape index (κ1) is 12.5. The van der Waals surface area contributed by atoms with Gasteiger partial charge in [-0.25, -0.2) is 0 Å². The minimum Gasteiger partial charge on any atom is -0.480 e. The van der Waals surface area contributed by atoms with E-state index in [1.165, 1.54) is 26.2 Å². The molecule has 0 aromatic heterocycles. The third-order valence-corrected chi connectivity index (χ3v) is 3.12. The Morgan fingerprint density at radius 2 is 2.13 bits per heavy atom. The SMILES string of the molecule is CC1CCCCC1OCC(C)(N)C(=O)O. The van der Waals surface area contributed by atoms with Gasteiger partial charge in [0, 0.05) is 0 Å². The molecule has 1 aliphatic rings. The number of carboxylic acid groups (broad SMARTS) is 1. The van der Waals surface area contributed by atoms with Crippen molar-refractivity contribution in [1.29, 1.82) is 0 Å². The molecule has 3 atom stereocenters. The molecule has 0 saturated heterocycles. The monoisotopic (exact) mass is 215 g/mol. The molecular formula is C11H21NO3. The van der Waals surface area contributed by atoms with Gasteiger partial charge in [-0.3, -0.25) is 4.79 Å². The zero-order chi connectivity index (χ0) is 11.5. The second kappa shape index (κ2) is 4.94. The molecule has 0 aromatic carbocycles. The van der Waals surface area contributed by atoms with Gasteiger partial charge in [0.1, 0.15) is 5.54 Å². The molecule has 4 nitrogen and oxygen atoms in total. The topological polar surface area (TPSA) is 72.5 Å². The quantitative estimate of drug-likeness (QED) is 0.743. The lowest BCUT2D eigenvalue weighted by Gasteiger charge is -2.31. The van der Waals surface area contributed by atoms with Crippen LogP contribution in [0.25, 0.3) is 0 Å². The minimum atomic E-state index is -1.27. The molecular weight excluding hydrogens is 194 g/mol. The molecule has 3 N–H and O–H groups in total. The van der Waals surface area contributed by atoms with Crippen LogP contribution in [0.3, 0.4) is 0 Å². The van der Waals surface area contributed by atoms with E-state index in [0.29, 0.717) is 5.92 Å². The Morgan fingerprint density at radius 1 is 1.53 bits per heavy atom. The van der Waals surface area contributed by atoms with E-state index in [-0.39, 0.29) is 12.7 Å². The van der Waals surface area contributed by atoms with E-state index in [2.05, 4.69) is 6.92 Å². The second-order valence-corrected chi connectivity index (χ2v) is 4.83. The van der Waals surface area contributed by atoms with Gasteiger partial charge in [-0.15, -0.1) is 0 Å². The molecule has 1 fully saturated rings. The van der Waals surface area contributed by atoms with Gasteiger partial charge in [0.25, 0.3) is 0 Å². The molecule has 88 valence electrons. The Balaban J connectivity index is 2.38. The maximum Gasteiger partial charge on any atom is 0.325 e. The molecule has 15 heavy (non-hydrogen) atoms. The van der Waals surface area contributed by atoms with Crippen LogP contribution in [0.5, 0.6) is 0 Å². The third kappa shape index (κ3) is 3.47. The van der Waals surface area contributed by atoms with E-state index < -0.39 is 11.5 Å². The summed E-state index contributed by atoms with van der Waals surface area (Å²) >= 11 is 0. The summed E-state index contributed by atoms with van der Waals surface area (Å²) in [6, 6.07) is 0. The number of carboxylic acids is 1. The summed E-state index contributed by atoms with van der Waals surface area (Å²) < 4.78 is 5.62. The van der Waals surface area contributed by atoms with Gasteiger partial charge in [-0.1, -0.05) is 19.8 Å². The standard InChI is InChI=1S/C11H21NO3/c1-8-5-3-4-6-9(8)15-7-11(2,12)10(13)14/h8-9H,3-7,12H2,1-2H3,(H,13,14). The maximum absolute atomic E-state index is 10.8. The van der Waals surface area contributed by atoms with Gasteiger partial charge in [0.2, 0.25) is 0 Å². The van der Waals surface area contributed by atoms with Gasteiger partial charge in [-0.05, 0) is 25.7 Å². The van der Waals surface area contributed by atoms with Crippen molar-refractivity contribution < 1.29 is 14.6 Å². The van der Waals surface area contributed by atoms with E-state index in [9.17, 15) is 4.79 Å². The van der Waals surface area contributed by atoms with E-state index in [4.69, 9.17) is 15.6 Å². The van der Waals surface area contributed by atoms with Crippen molar-refractivity contribution in [1.82, 2.24) is 0 Å². The fraction of sp³-hybridized carbons (Fsp3) is 0.909. The van der Waals surface area contributed by atoms with Gasteiger partial charge in [-0.2, -0.15) is 0 Å². The van der Waals surface area contributed by atoms with Crippen LogP contribution >= 0.6 is 0 Å². The Kier molecular flexibility index (Phi) is 4.11. The van der Waals surface area contributed by atoms with Crippen molar-refractivity contribution >= 4 is 5.97 Å². The zero-order valence-corrected chi connectivity index (χ0v) is 9.53. The Hall–Kier alpha value is -0.610. The van der Waals surface area contributed by atoms with Gasteiger partial charge in [0.15, 0.2) is 0 Å². The Bertz CT molecular complexity index is 228. The summed E-state index contributed by atoms with van der Waals surface area (Å²) in [5, 5.41) is 8.83. The first-order valence-electron chi connectivity index (χ1n) is 5.57. The summed E-state index contributed by atoms with van der Waals surface area (Å²) in [5.74, 6) is -0.491. The first-order chi connectivity index (χ1) is 6.93. The molecule has 3 unspecified atom stereocenters. The largest absolute Gasteiger partial charge is 0.480 e. The highest BCUT2D eigenvalue weighted by Gasteiger charge is 2.31. The average Bonchev–Trinajstić information content (AvgIpc) is 2.16. The predicted octanol–water partition coefficient (Wildman–Crippen LogP) is 1.38.